The summed E-state index contributed by atoms with van der Waals surface area (Å²) >= 11 is 0. The van der Waals surface area contributed by atoms with Gasteiger partial charge in [0.25, 0.3) is 5.91 Å². The number of aromatic nitrogens is 1. The second-order valence-electron chi connectivity index (χ2n) is 5.32. The van der Waals surface area contributed by atoms with Crippen LogP contribution in [0.15, 0.2) is 48.8 Å². The predicted molar refractivity (Wildman–Crippen MR) is 81.8 cm³/mol. The highest BCUT2D eigenvalue weighted by Crippen LogP contribution is 2.21. The Morgan fingerprint density at radius 2 is 1.82 bits per heavy atom. The molecule has 0 bridgehead atoms. The Bertz CT molecular complexity index is 662. The summed E-state index contributed by atoms with van der Waals surface area (Å²) in [6.07, 6.45) is 5.39. The number of ether oxygens (including phenoxy) is 1. The summed E-state index contributed by atoms with van der Waals surface area (Å²) in [5.74, 6) is -0.457. The number of nitrogens with zero attached hydrogens (tertiary/aromatic N) is 2. The van der Waals surface area contributed by atoms with E-state index in [9.17, 15) is 9.59 Å². The molecule has 5 heteroatoms. The third-order valence-corrected chi connectivity index (χ3v) is 4.00. The van der Waals surface area contributed by atoms with E-state index in [1.807, 2.05) is 41.2 Å². The lowest BCUT2D eigenvalue weighted by Crippen LogP contribution is -2.41. The minimum absolute atomic E-state index is 0.119. The molecular weight excluding hydrogens is 280 g/mol. The second-order valence-corrected chi connectivity index (χ2v) is 5.32. The van der Waals surface area contributed by atoms with Gasteiger partial charge in [-0.25, -0.2) is 4.79 Å². The molecule has 3 rings (SSSR count). The number of amides is 1. The molecule has 2 aromatic rings. The van der Waals surface area contributed by atoms with Gasteiger partial charge in [0.2, 0.25) is 0 Å². The summed E-state index contributed by atoms with van der Waals surface area (Å²) in [7, 11) is 1.36. The molecule has 1 aromatic heterocycles. The highest BCUT2D eigenvalue weighted by atomic mass is 16.5. The number of esters is 1. The lowest BCUT2D eigenvalue weighted by atomic mass is 10.1. The van der Waals surface area contributed by atoms with Crippen LogP contribution < -0.4 is 0 Å². The molecule has 22 heavy (non-hydrogen) atoms. The lowest BCUT2D eigenvalue weighted by molar-refractivity contribution is -0.145. The maximum Gasteiger partial charge on any atom is 0.328 e. The van der Waals surface area contributed by atoms with Gasteiger partial charge >= 0.3 is 5.97 Å². The number of methoxy groups -OCH3 is 1. The minimum Gasteiger partial charge on any atom is -0.467 e. The van der Waals surface area contributed by atoms with Gasteiger partial charge in [-0.15, -0.1) is 0 Å². The van der Waals surface area contributed by atoms with Crippen molar-refractivity contribution >= 4 is 11.9 Å². The van der Waals surface area contributed by atoms with Crippen LogP contribution >= 0.6 is 0 Å². The zero-order valence-corrected chi connectivity index (χ0v) is 12.4. The smallest absolute Gasteiger partial charge is 0.328 e. The fourth-order valence-corrected chi connectivity index (χ4v) is 2.84. The van der Waals surface area contributed by atoms with Gasteiger partial charge < -0.3 is 14.2 Å². The van der Waals surface area contributed by atoms with Gasteiger partial charge in [0.1, 0.15) is 6.04 Å². The Kier molecular flexibility index (Phi) is 3.96. The van der Waals surface area contributed by atoms with Crippen molar-refractivity contribution in [3.8, 4) is 5.69 Å². The molecule has 2 heterocycles. The quantitative estimate of drug-likeness (QED) is 0.817. The first-order chi connectivity index (χ1) is 10.7. The molecule has 1 aromatic carbocycles. The first-order valence-corrected chi connectivity index (χ1v) is 7.33. The van der Waals surface area contributed by atoms with Gasteiger partial charge in [-0.3, -0.25) is 4.79 Å². The van der Waals surface area contributed by atoms with Gasteiger partial charge in [0, 0.05) is 30.2 Å². The molecule has 1 fully saturated rings. The highest BCUT2D eigenvalue weighted by molar-refractivity contribution is 5.97. The Balaban J connectivity index is 1.79. The number of hydrogen-bond donors (Lipinski definition) is 0. The Morgan fingerprint density at radius 3 is 2.45 bits per heavy atom. The summed E-state index contributed by atoms with van der Waals surface area (Å²) in [6.45, 7) is 0.595. The average Bonchev–Trinajstić information content (AvgIpc) is 3.25. The van der Waals surface area contributed by atoms with Crippen molar-refractivity contribution in [2.75, 3.05) is 13.7 Å². The van der Waals surface area contributed by atoms with Crippen molar-refractivity contribution in [3.05, 3.63) is 54.4 Å². The van der Waals surface area contributed by atoms with E-state index in [4.69, 9.17) is 4.74 Å². The minimum atomic E-state index is -0.457. The van der Waals surface area contributed by atoms with Crippen molar-refractivity contribution in [3.63, 3.8) is 0 Å². The molecule has 0 saturated carbocycles. The number of rotatable bonds is 3. The third-order valence-electron chi connectivity index (χ3n) is 4.00. The van der Waals surface area contributed by atoms with E-state index in [1.54, 1.807) is 17.0 Å². The number of benzene rings is 1. The normalized spacial score (nSPS) is 17.5. The van der Waals surface area contributed by atoms with Crippen molar-refractivity contribution in [2.45, 2.75) is 18.9 Å². The van der Waals surface area contributed by atoms with Crippen LogP contribution in [0.4, 0.5) is 0 Å². The summed E-state index contributed by atoms with van der Waals surface area (Å²) in [6, 6.07) is 10.8. The number of likely N-dealkylation sites (tertiary alicyclic amines) is 1. The third kappa shape index (κ3) is 2.62. The second kappa shape index (κ2) is 6.05. The van der Waals surface area contributed by atoms with Crippen LogP contribution in [0.5, 0.6) is 0 Å². The summed E-state index contributed by atoms with van der Waals surface area (Å²) in [5.41, 5.74) is 1.58. The Morgan fingerprint density at radius 1 is 1.14 bits per heavy atom. The van der Waals surface area contributed by atoms with Gasteiger partial charge in [0.15, 0.2) is 0 Å². The Hall–Kier alpha value is -2.56. The number of carbonyl (C=O) groups excluding carboxylic acids is 2. The molecule has 1 amide bonds. The van der Waals surface area contributed by atoms with Crippen molar-refractivity contribution in [1.82, 2.24) is 9.47 Å². The first-order valence-electron chi connectivity index (χ1n) is 7.33. The summed E-state index contributed by atoms with van der Waals surface area (Å²) < 4.78 is 6.76. The van der Waals surface area contributed by atoms with Crippen LogP contribution in [0.3, 0.4) is 0 Å². The predicted octanol–water partition coefficient (Wildman–Crippen LogP) is 2.25. The van der Waals surface area contributed by atoms with E-state index >= 15 is 0 Å². The molecule has 1 atom stereocenters. The van der Waals surface area contributed by atoms with Gasteiger partial charge in [-0.2, -0.15) is 0 Å². The maximum absolute atomic E-state index is 12.6. The monoisotopic (exact) mass is 298 g/mol. The summed E-state index contributed by atoms with van der Waals surface area (Å²) in [4.78, 5) is 25.9. The zero-order chi connectivity index (χ0) is 15.5. The van der Waals surface area contributed by atoms with Crippen LogP contribution in [0, 0.1) is 0 Å². The molecular formula is C17H18N2O3. The van der Waals surface area contributed by atoms with Crippen LogP contribution in [0.25, 0.3) is 5.69 Å². The van der Waals surface area contributed by atoms with E-state index in [0.29, 0.717) is 18.5 Å². The SMILES string of the molecule is COC(=O)C1CCCN1C(=O)c1ccc(-n2cccc2)cc1. The van der Waals surface area contributed by atoms with Crippen LogP contribution in [-0.2, 0) is 9.53 Å². The van der Waals surface area contributed by atoms with Crippen LogP contribution in [0.1, 0.15) is 23.2 Å². The maximum atomic E-state index is 12.6. The molecule has 1 aliphatic rings. The number of hydrogen-bond acceptors (Lipinski definition) is 3. The number of carbonyl (C=O) groups is 2. The standard InChI is InChI=1S/C17H18N2O3/c1-22-17(21)15-5-4-12-19(15)16(20)13-6-8-14(9-7-13)18-10-2-3-11-18/h2-3,6-11,15H,4-5,12H2,1H3. The van der Waals surface area contributed by atoms with Crippen LogP contribution in [0.2, 0.25) is 0 Å². The molecule has 0 spiro atoms. The Labute approximate surface area is 129 Å². The van der Waals surface area contributed by atoms with Crippen molar-refractivity contribution in [2.24, 2.45) is 0 Å². The molecule has 1 unspecified atom stereocenters. The lowest BCUT2D eigenvalue weighted by Gasteiger charge is -2.22. The fourth-order valence-electron chi connectivity index (χ4n) is 2.84. The van der Waals surface area contributed by atoms with Gasteiger partial charge in [0.05, 0.1) is 7.11 Å². The largest absolute Gasteiger partial charge is 0.467 e. The van der Waals surface area contributed by atoms with E-state index in [0.717, 1.165) is 12.1 Å². The molecule has 1 saturated heterocycles. The van der Waals surface area contributed by atoms with Crippen LogP contribution in [-0.4, -0.2) is 41.0 Å². The molecule has 0 radical (unpaired) electrons. The van der Waals surface area contributed by atoms with Crippen molar-refractivity contribution in [1.29, 1.82) is 0 Å². The van der Waals surface area contributed by atoms with E-state index in [1.165, 1.54) is 7.11 Å². The van der Waals surface area contributed by atoms with E-state index in [2.05, 4.69) is 0 Å². The fraction of sp³-hybridized carbons (Fsp3) is 0.294. The van der Waals surface area contributed by atoms with Gasteiger partial charge in [-0.1, -0.05) is 0 Å². The molecule has 0 aliphatic carbocycles. The summed E-state index contributed by atoms with van der Waals surface area (Å²) in [5, 5.41) is 0. The van der Waals surface area contributed by atoms with Crippen molar-refractivity contribution < 1.29 is 14.3 Å². The average molecular weight is 298 g/mol. The topological polar surface area (TPSA) is 51.5 Å². The molecule has 0 N–H and O–H groups in total. The zero-order valence-electron chi connectivity index (χ0n) is 12.4. The van der Waals surface area contributed by atoms with E-state index in [-0.39, 0.29) is 11.9 Å². The highest BCUT2D eigenvalue weighted by Gasteiger charge is 2.35. The van der Waals surface area contributed by atoms with E-state index < -0.39 is 6.04 Å². The van der Waals surface area contributed by atoms with Gasteiger partial charge in [-0.05, 0) is 49.2 Å². The molecule has 5 nitrogen and oxygen atoms in total. The molecule has 114 valence electrons. The first kappa shape index (κ1) is 14.4. The molecule has 1 aliphatic heterocycles.